The molecule has 1 heterocycles. The number of rotatable bonds is 2. The van der Waals surface area contributed by atoms with Crippen LogP contribution in [0.15, 0.2) is 18.2 Å². The second-order valence-corrected chi connectivity index (χ2v) is 3.15. The molecule has 4 heteroatoms. The van der Waals surface area contributed by atoms with Crippen molar-refractivity contribution in [2.24, 2.45) is 0 Å². The van der Waals surface area contributed by atoms with Crippen LogP contribution >= 0.6 is 0 Å². The van der Waals surface area contributed by atoms with Crippen LogP contribution < -0.4 is 10.1 Å². The van der Waals surface area contributed by atoms with Gasteiger partial charge in [-0.1, -0.05) is 12.1 Å². The second kappa shape index (κ2) is 3.57. The number of carbonyl (C=O) groups is 1. The molecule has 2 N–H and O–H groups in total. The van der Waals surface area contributed by atoms with Crippen molar-refractivity contribution >= 4 is 6.09 Å². The fourth-order valence-corrected chi connectivity index (χ4v) is 1.63. The van der Waals surface area contributed by atoms with E-state index in [2.05, 4.69) is 5.32 Å². The molecule has 1 aromatic rings. The van der Waals surface area contributed by atoms with Crippen molar-refractivity contribution in [3.8, 4) is 5.75 Å². The van der Waals surface area contributed by atoms with Gasteiger partial charge in [0.25, 0.3) is 0 Å². The molecule has 1 aromatic carbocycles. The zero-order valence-corrected chi connectivity index (χ0v) is 7.62. The third-order valence-electron chi connectivity index (χ3n) is 2.27. The van der Waals surface area contributed by atoms with Crippen molar-refractivity contribution in [2.75, 3.05) is 6.61 Å². The largest absolute Gasteiger partial charge is 0.493 e. The molecule has 0 unspecified atom stereocenters. The maximum atomic E-state index is 10.3. The highest BCUT2D eigenvalue weighted by Crippen LogP contribution is 2.27. The molecule has 0 saturated carbocycles. The van der Waals surface area contributed by atoms with E-state index >= 15 is 0 Å². The van der Waals surface area contributed by atoms with Gasteiger partial charge < -0.3 is 15.2 Å². The zero-order valence-electron chi connectivity index (χ0n) is 7.62. The minimum atomic E-state index is -0.999. The van der Waals surface area contributed by atoms with Crippen LogP contribution in [-0.4, -0.2) is 17.8 Å². The molecule has 0 atom stereocenters. The Labute approximate surface area is 81.5 Å². The number of amides is 1. The predicted molar refractivity (Wildman–Crippen MR) is 50.5 cm³/mol. The van der Waals surface area contributed by atoms with Gasteiger partial charge in [0, 0.05) is 18.5 Å². The van der Waals surface area contributed by atoms with Gasteiger partial charge >= 0.3 is 6.09 Å². The number of carboxylic acid groups (broad SMARTS) is 1. The van der Waals surface area contributed by atoms with E-state index in [1.165, 1.54) is 0 Å². The third-order valence-corrected chi connectivity index (χ3v) is 2.27. The van der Waals surface area contributed by atoms with Gasteiger partial charge in [-0.25, -0.2) is 4.79 Å². The van der Waals surface area contributed by atoms with E-state index < -0.39 is 6.09 Å². The number of fused-ring (bicyclic) bond motifs is 1. The number of hydrogen-bond acceptors (Lipinski definition) is 2. The monoisotopic (exact) mass is 193 g/mol. The van der Waals surface area contributed by atoms with E-state index in [1.807, 2.05) is 18.2 Å². The lowest BCUT2D eigenvalue weighted by Crippen LogP contribution is -2.20. The maximum absolute atomic E-state index is 10.3. The highest BCUT2D eigenvalue weighted by atomic mass is 16.5. The molecule has 0 aliphatic carbocycles. The van der Waals surface area contributed by atoms with Crippen LogP contribution in [0.25, 0.3) is 0 Å². The highest BCUT2D eigenvalue weighted by Gasteiger charge is 2.15. The molecule has 0 radical (unpaired) electrons. The summed E-state index contributed by atoms with van der Waals surface area (Å²) in [5.41, 5.74) is 2.13. The fourth-order valence-electron chi connectivity index (χ4n) is 1.63. The molecule has 1 aliphatic rings. The van der Waals surface area contributed by atoms with Crippen molar-refractivity contribution in [3.05, 3.63) is 29.3 Å². The summed E-state index contributed by atoms with van der Waals surface area (Å²) >= 11 is 0. The number of benzene rings is 1. The molecule has 0 bridgehead atoms. The average Bonchev–Trinajstić information content (AvgIpc) is 2.62. The van der Waals surface area contributed by atoms with E-state index in [-0.39, 0.29) is 0 Å². The standard InChI is InChI=1S/C10H11NO3/c12-10(13)11-6-7-2-1-3-9-8(7)4-5-14-9/h1-3,11H,4-6H2,(H,12,13). The summed E-state index contributed by atoms with van der Waals surface area (Å²) in [4.78, 5) is 10.3. The summed E-state index contributed by atoms with van der Waals surface area (Å²) in [6, 6.07) is 5.71. The van der Waals surface area contributed by atoms with Crippen LogP contribution in [-0.2, 0) is 13.0 Å². The summed E-state index contributed by atoms with van der Waals surface area (Å²) < 4.78 is 5.37. The predicted octanol–water partition coefficient (Wildman–Crippen LogP) is 1.39. The molecule has 0 aromatic heterocycles. The molecule has 2 rings (SSSR count). The maximum Gasteiger partial charge on any atom is 0.404 e. The summed E-state index contributed by atoms with van der Waals surface area (Å²) in [5, 5.41) is 10.8. The molecular formula is C10H11NO3. The summed E-state index contributed by atoms with van der Waals surface area (Å²) in [6.07, 6.45) is -0.131. The van der Waals surface area contributed by atoms with Crippen molar-refractivity contribution in [2.45, 2.75) is 13.0 Å². The van der Waals surface area contributed by atoms with Crippen LogP contribution in [0, 0.1) is 0 Å². The van der Waals surface area contributed by atoms with Gasteiger partial charge in [0.05, 0.1) is 6.61 Å². The summed E-state index contributed by atoms with van der Waals surface area (Å²) in [6.45, 7) is 1.04. The molecule has 1 aliphatic heterocycles. The van der Waals surface area contributed by atoms with E-state index in [4.69, 9.17) is 9.84 Å². The van der Waals surface area contributed by atoms with Crippen LogP contribution in [0.3, 0.4) is 0 Å². The lowest BCUT2D eigenvalue weighted by molar-refractivity contribution is 0.194. The van der Waals surface area contributed by atoms with Gasteiger partial charge in [-0.15, -0.1) is 0 Å². The van der Waals surface area contributed by atoms with Crippen molar-refractivity contribution < 1.29 is 14.6 Å². The number of hydrogen-bond donors (Lipinski definition) is 2. The Hall–Kier alpha value is -1.71. The van der Waals surface area contributed by atoms with Gasteiger partial charge in [0.1, 0.15) is 5.75 Å². The molecule has 4 nitrogen and oxygen atoms in total. The molecule has 0 saturated heterocycles. The Bertz CT molecular complexity index is 362. The summed E-state index contributed by atoms with van der Waals surface area (Å²) in [5.74, 6) is 0.884. The van der Waals surface area contributed by atoms with Gasteiger partial charge in [0.2, 0.25) is 0 Å². The molecule has 0 fully saturated rings. The van der Waals surface area contributed by atoms with Crippen molar-refractivity contribution in [3.63, 3.8) is 0 Å². The van der Waals surface area contributed by atoms with E-state index in [9.17, 15) is 4.79 Å². The minimum absolute atomic E-state index is 0.349. The van der Waals surface area contributed by atoms with Gasteiger partial charge in [-0.2, -0.15) is 0 Å². The Kier molecular flexibility index (Phi) is 2.26. The van der Waals surface area contributed by atoms with Gasteiger partial charge in [-0.3, -0.25) is 0 Å². The first-order chi connectivity index (χ1) is 6.77. The molecular weight excluding hydrogens is 182 g/mol. The highest BCUT2D eigenvalue weighted by molar-refractivity contribution is 5.64. The Morgan fingerprint density at radius 2 is 2.43 bits per heavy atom. The SMILES string of the molecule is O=C(O)NCc1cccc2c1CCO2. The molecule has 14 heavy (non-hydrogen) atoms. The van der Waals surface area contributed by atoms with E-state index in [0.717, 1.165) is 23.3 Å². The average molecular weight is 193 g/mol. The Morgan fingerprint density at radius 3 is 3.21 bits per heavy atom. The third kappa shape index (κ3) is 1.64. The molecule has 1 amide bonds. The van der Waals surface area contributed by atoms with Gasteiger partial charge in [-0.05, 0) is 11.6 Å². The Morgan fingerprint density at radius 1 is 1.57 bits per heavy atom. The Balaban J connectivity index is 2.17. The second-order valence-electron chi connectivity index (χ2n) is 3.15. The lowest BCUT2D eigenvalue weighted by Gasteiger charge is -2.06. The van der Waals surface area contributed by atoms with Crippen molar-refractivity contribution in [1.29, 1.82) is 0 Å². The van der Waals surface area contributed by atoms with Crippen molar-refractivity contribution in [1.82, 2.24) is 5.32 Å². The topological polar surface area (TPSA) is 58.6 Å². The molecule has 0 spiro atoms. The first kappa shape index (κ1) is 8.87. The number of ether oxygens (including phenoxy) is 1. The number of nitrogens with one attached hydrogen (secondary N) is 1. The van der Waals surface area contributed by atoms with Crippen LogP contribution in [0.1, 0.15) is 11.1 Å². The lowest BCUT2D eigenvalue weighted by atomic mass is 10.1. The quantitative estimate of drug-likeness (QED) is 0.746. The van der Waals surface area contributed by atoms with E-state index in [1.54, 1.807) is 0 Å². The van der Waals surface area contributed by atoms with Crippen LogP contribution in [0.2, 0.25) is 0 Å². The van der Waals surface area contributed by atoms with Gasteiger partial charge in [0.15, 0.2) is 0 Å². The normalized spacial score (nSPS) is 13.1. The van der Waals surface area contributed by atoms with E-state index in [0.29, 0.717) is 13.2 Å². The van der Waals surface area contributed by atoms with Crippen LogP contribution in [0.5, 0.6) is 5.75 Å². The summed E-state index contributed by atoms with van der Waals surface area (Å²) in [7, 11) is 0. The smallest absolute Gasteiger partial charge is 0.404 e. The molecule has 74 valence electrons. The minimum Gasteiger partial charge on any atom is -0.493 e. The van der Waals surface area contributed by atoms with Crippen LogP contribution in [0.4, 0.5) is 4.79 Å². The first-order valence-corrected chi connectivity index (χ1v) is 4.48. The zero-order chi connectivity index (χ0) is 9.97. The fraction of sp³-hybridized carbons (Fsp3) is 0.300. The first-order valence-electron chi connectivity index (χ1n) is 4.48.